The van der Waals surface area contributed by atoms with Gasteiger partial charge in [-0.1, -0.05) is 5.16 Å². The van der Waals surface area contributed by atoms with Gasteiger partial charge in [0, 0.05) is 37.4 Å². The highest BCUT2D eigenvalue weighted by atomic mass is 16.5. The van der Waals surface area contributed by atoms with Crippen LogP contribution in [0.2, 0.25) is 0 Å². The van der Waals surface area contributed by atoms with E-state index < -0.39 is 0 Å². The number of carbonyl (C=O) groups excluding carboxylic acids is 1. The Bertz CT molecular complexity index is 696. The molecule has 0 unspecified atom stereocenters. The summed E-state index contributed by atoms with van der Waals surface area (Å²) in [6.45, 7) is 2.51. The first kappa shape index (κ1) is 14.3. The highest BCUT2D eigenvalue weighted by molar-refractivity contribution is 5.77. The maximum atomic E-state index is 12.2. The molecule has 0 bridgehead atoms. The van der Waals surface area contributed by atoms with E-state index in [0.717, 1.165) is 26.1 Å². The standard InChI is InChI=1S/C15H17N5O3/c21-12-2-3-15(4-7-22-10-15)9-20(12)8-11-18-14(19-23-11)13-16-5-1-6-17-13/h1,5-6H,2-4,7-10H2/t15-/m0/s1. The molecule has 2 aromatic rings. The fourth-order valence-corrected chi connectivity index (χ4v) is 3.21. The minimum atomic E-state index is 0.0965. The van der Waals surface area contributed by atoms with E-state index in [9.17, 15) is 4.79 Å². The van der Waals surface area contributed by atoms with E-state index in [1.165, 1.54) is 0 Å². The van der Waals surface area contributed by atoms with Gasteiger partial charge in [0.2, 0.25) is 23.4 Å². The predicted octanol–water partition coefficient (Wildman–Crippen LogP) is 1.06. The molecule has 8 nitrogen and oxygen atoms in total. The molecule has 4 heterocycles. The van der Waals surface area contributed by atoms with Crippen LogP contribution in [0, 0.1) is 5.41 Å². The third-order valence-corrected chi connectivity index (χ3v) is 4.49. The molecule has 2 aromatic heterocycles. The number of ether oxygens (including phenoxy) is 1. The van der Waals surface area contributed by atoms with Gasteiger partial charge in [0.15, 0.2) is 0 Å². The number of aromatic nitrogens is 4. The van der Waals surface area contributed by atoms with Crippen molar-refractivity contribution in [3.63, 3.8) is 0 Å². The van der Waals surface area contributed by atoms with Gasteiger partial charge in [-0.25, -0.2) is 9.97 Å². The molecule has 2 fully saturated rings. The smallest absolute Gasteiger partial charge is 0.246 e. The van der Waals surface area contributed by atoms with E-state index in [2.05, 4.69) is 20.1 Å². The third-order valence-electron chi connectivity index (χ3n) is 4.49. The summed E-state index contributed by atoms with van der Waals surface area (Å²) in [4.78, 5) is 26.5. The maximum absolute atomic E-state index is 12.2. The molecule has 1 atom stereocenters. The van der Waals surface area contributed by atoms with E-state index in [1.54, 1.807) is 23.4 Å². The van der Waals surface area contributed by atoms with E-state index in [1.807, 2.05) is 0 Å². The van der Waals surface area contributed by atoms with Crippen molar-refractivity contribution in [2.75, 3.05) is 19.8 Å². The van der Waals surface area contributed by atoms with Crippen molar-refractivity contribution in [3.05, 3.63) is 24.4 Å². The Morgan fingerprint density at radius 1 is 1.22 bits per heavy atom. The number of piperidine rings is 1. The lowest BCUT2D eigenvalue weighted by Gasteiger charge is -2.38. The molecule has 120 valence electrons. The summed E-state index contributed by atoms with van der Waals surface area (Å²) < 4.78 is 10.8. The lowest BCUT2D eigenvalue weighted by Crippen LogP contribution is -2.46. The maximum Gasteiger partial charge on any atom is 0.246 e. The van der Waals surface area contributed by atoms with E-state index >= 15 is 0 Å². The Morgan fingerprint density at radius 2 is 2.09 bits per heavy atom. The Morgan fingerprint density at radius 3 is 2.87 bits per heavy atom. The number of rotatable bonds is 3. The number of hydrogen-bond acceptors (Lipinski definition) is 7. The summed E-state index contributed by atoms with van der Waals surface area (Å²) in [5.74, 6) is 1.27. The van der Waals surface area contributed by atoms with Gasteiger partial charge < -0.3 is 14.2 Å². The lowest BCUT2D eigenvalue weighted by molar-refractivity contribution is -0.138. The average Bonchev–Trinajstić information content (AvgIpc) is 3.22. The minimum Gasteiger partial charge on any atom is -0.381 e. The van der Waals surface area contributed by atoms with Crippen LogP contribution in [-0.4, -0.2) is 50.7 Å². The molecule has 8 heteroatoms. The van der Waals surface area contributed by atoms with E-state index in [0.29, 0.717) is 37.0 Å². The summed E-state index contributed by atoms with van der Waals surface area (Å²) in [5.41, 5.74) is 0.0965. The zero-order valence-electron chi connectivity index (χ0n) is 12.6. The largest absolute Gasteiger partial charge is 0.381 e. The monoisotopic (exact) mass is 315 g/mol. The molecule has 23 heavy (non-hydrogen) atoms. The van der Waals surface area contributed by atoms with Crippen LogP contribution in [0.1, 0.15) is 25.2 Å². The number of likely N-dealkylation sites (tertiary alicyclic amines) is 1. The highest BCUT2D eigenvalue weighted by Crippen LogP contribution is 2.38. The highest BCUT2D eigenvalue weighted by Gasteiger charge is 2.42. The SMILES string of the molecule is O=C1CC[C@]2(CCOC2)CN1Cc1nc(-c2ncccn2)no1. The molecule has 1 spiro atoms. The average molecular weight is 315 g/mol. The van der Waals surface area contributed by atoms with Gasteiger partial charge in [-0.05, 0) is 18.9 Å². The fourth-order valence-electron chi connectivity index (χ4n) is 3.21. The molecule has 0 aliphatic carbocycles. The van der Waals surface area contributed by atoms with Crippen molar-refractivity contribution >= 4 is 5.91 Å². The van der Waals surface area contributed by atoms with Gasteiger partial charge in [0.05, 0.1) is 6.61 Å². The molecule has 0 N–H and O–H groups in total. The molecule has 4 rings (SSSR count). The Balaban J connectivity index is 1.49. The second-order valence-electron chi connectivity index (χ2n) is 6.14. The van der Waals surface area contributed by atoms with Crippen molar-refractivity contribution in [1.29, 1.82) is 0 Å². The van der Waals surface area contributed by atoms with Gasteiger partial charge in [-0.3, -0.25) is 4.79 Å². The van der Waals surface area contributed by atoms with Gasteiger partial charge >= 0.3 is 0 Å². The number of carbonyl (C=O) groups is 1. The Labute approximate surface area is 132 Å². The van der Waals surface area contributed by atoms with Crippen LogP contribution in [0.3, 0.4) is 0 Å². The van der Waals surface area contributed by atoms with Crippen LogP contribution in [0.4, 0.5) is 0 Å². The molecule has 2 saturated heterocycles. The molecule has 0 radical (unpaired) electrons. The second kappa shape index (κ2) is 5.69. The first-order valence-electron chi connectivity index (χ1n) is 7.70. The van der Waals surface area contributed by atoms with Crippen molar-refractivity contribution < 1.29 is 14.1 Å². The summed E-state index contributed by atoms with van der Waals surface area (Å²) >= 11 is 0. The summed E-state index contributed by atoms with van der Waals surface area (Å²) in [6, 6.07) is 1.72. The lowest BCUT2D eigenvalue weighted by atomic mass is 9.79. The fraction of sp³-hybridized carbons (Fsp3) is 0.533. The van der Waals surface area contributed by atoms with E-state index in [-0.39, 0.29) is 11.3 Å². The van der Waals surface area contributed by atoms with E-state index in [4.69, 9.17) is 9.26 Å². The van der Waals surface area contributed by atoms with Crippen molar-refractivity contribution in [2.45, 2.75) is 25.8 Å². The number of hydrogen-bond donors (Lipinski definition) is 0. The van der Waals surface area contributed by atoms with Crippen LogP contribution < -0.4 is 0 Å². The van der Waals surface area contributed by atoms with Gasteiger partial charge in [0.1, 0.15) is 6.54 Å². The molecule has 0 saturated carbocycles. The predicted molar refractivity (Wildman–Crippen MR) is 77.8 cm³/mol. The summed E-state index contributed by atoms with van der Waals surface area (Å²) in [5, 5.41) is 3.89. The second-order valence-corrected chi connectivity index (χ2v) is 6.14. The van der Waals surface area contributed by atoms with Crippen LogP contribution in [0.5, 0.6) is 0 Å². The third kappa shape index (κ3) is 2.81. The van der Waals surface area contributed by atoms with Crippen LogP contribution in [0.25, 0.3) is 11.6 Å². The summed E-state index contributed by atoms with van der Waals surface area (Å²) in [7, 11) is 0. The molecule has 1 amide bonds. The van der Waals surface area contributed by atoms with Crippen molar-refractivity contribution in [3.8, 4) is 11.6 Å². The van der Waals surface area contributed by atoms with Gasteiger partial charge in [0.25, 0.3) is 0 Å². The Hall–Kier alpha value is -2.35. The molecule has 2 aliphatic heterocycles. The summed E-state index contributed by atoms with van der Waals surface area (Å²) in [6.07, 6.45) is 5.69. The minimum absolute atomic E-state index is 0.0965. The zero-order chi connectivity index (χ0) is 15.7. The van der Waals surface area contributed by atoms with Crippen LogP contribution in [-0.2, 0) is 16.1 Å². The van der Waals surface area contributed by atoms with Gasteiger partial charge in [-0.2, -0.15) is 4.98 Å². The van der Waals surface area contributed by atoms with Crippen LogP contribution in [0.15, 0.2) is 23.0 Å². The molecule has 0 aromatic carbocycles. The number of amides is 1. The van der Waals surface area contributed by atoms with Crippen molar-refractivity contribution in [1.82, 2.24) is 25.0 Å². The molecular formula is C15H17N5O3. The van der Waals surface area contributed by atoms with Gasteiger partial charge in [-0.15, -0.1) is 0 Å². The molecular weight excluding hydrogens is 298 g/mol. The first-order valence-corrected chi connectivity index (χ1v) is 7.70. The normalized spacial score (nSPS) is 24.5. The quantitative estimate of drug-likeness (QED) is 0.835. The number of nitrogens with zero attached hydrogens (tertiary/aromatic N) is 5. The Kier molecular flexibility index (Phi) is 3.53. The zero-order valence-corrected chi connectivity index (χ0v) is 12.6. The van der Waals surface area contributed by atoms with Crippen LogP contribution >= 0.6 is 0 Å². The van der Waals surface area contributed by atoms with Crippen molar-refractivity contribution in [2.24, 2.45) is 5.41 Å². The first-order chi connectivity index (χ1) is 11.2. The topological polar surface area (TPSA) is 94.2 Å². The molecule has 2 aliphatic rings.